The van der Waals surface area contributed by atoms with E-state index in [1.54, 1.807) is 11.3 Å². The highest BCUT2D eigenvalue weighted by atomic mass is 32.1. The lowest BCUT2D eigenvalue weighted by molar-refractivity contribution is -0.121. The molecule has 0 spiro atoms. The maximum absolute atomic E-state index is 12.3. The Kier molecular flexibility index (Phi) is 5.21. The van der Waals surface area contributed by atoms with Crippen LogP contribution in [0.15, 0.2) is 54.6 Å². The van der Waals surface area contributed by atoms with Crippen LogP contribution in [0.5, 0.6) is 0 Å². The summed E-state index contributed by atoms with van der Waals surface area (Å²) >= 11 is 1.66. The molecule has 0 radical (unpaired) electrons. The van der Waals surface area contributed by atoms with Crippen molar-refractivity contribution < 1.29 is 4.79 Å². The third kappa shape index (κ3) is 3.82. The highest BCUT2D eigenvalue weighted by Crippen LogP contribution is 2.22. The van der Waals surface area contributed by atoms with E-state index >= 15 is 0 Å². The highest BCUT2D eigenvalue weighted by Gasteiger charge is 2.14. The summed E-state index contributed by atoms with van der Waals surface area (Å²) < 4.78 is 3.09. The Morgan fingerprint density at radius 1 is 1.07 bits per heavy atom. The molecule has 0 fully saturated rings. The van der Waals surface area contributed by atoms with Gasteiger partial charge in [0.05, 0.1) is 26.6 Å². The molecule has 0 bridgehead atoms. The highest BCUT2D eigenvalue weighted by molar-refractivity contribution is 7.18. The molecule has 0 unspecified atom stereocenters. The lowest BCUT2D eigenvalue weighted by atomic mass is 10.2. The van der Waals surface area contributed by atoms with E-state index in [0.29, 0.717) is 19.4 Å². The average molecular weight is 391 g/mol. The second kappa shape index (κ2) is 7.94. The van der Waals surface area contributed by atoms with Crippen molar-refractivity contribution >= 4 is 27.5 Å². The fourth-order valence-electron chi connectivity index (χ4n) is 3.27. The van der Waals surface area contributed by atoms with Crippen molar-refractivity contribution in [2.24, 2.45) is 0 Å². The summed E-state index contributed by atoms with van der Waals surface area (Å²) in [6.07, 6.45) is 1.09. The van der Waals surface area contributed by atoms with Gasteiger partial charge in [-0.15, -0.1) is 11.3 Å². The van der Waals surface area contributed by atoms with Crippen LogP contribution in [0.25, 0.3) is 15.9 Å². The van der Waals surface area contributed by atoms with Gasteiger partial charge in [-0.25, -0.2) is 9.67 Å². The molecule has 1 N–H and O–H groups in total. The summed E-state index contributed by atoms with van der Waals surface area (Å²) in [5.41, 5.74) is 5.08. The second-order valence-corrected chi connectivity index (χ2v) is 7.86. The van der Waals surface area contributed by atoms with Crippen molar-refractivity contribution in [3.8, 4) is 5.69 Å². The van der Waals surface area contributed by atoms with E-state index in [4.69, 9.17) is 0 Å². The lowest BCUT2D eigenvalue weighted by Gasteiger charge is -2.07. The average Bonchev–Trinajstić information content (AvgIpc) is 3.26. The van der Waals surface area contributed by atoms with E-state index in [9.17, 15) is 4.79 Å². The molecule has 2 heterocycles. The number of aryl methyl sites for hydroxylation is 2. The number of aromatic nitrogens is 3. The maximum atomic E-state index is 12.3. The fourth-order valence-corrected chi connectivity index (χ4v) is 4.24. The number of carbonyl (C=O) groups is 1. The van der Waals surface area contributed by atoms with Gasteiger partial charge in [-0.05, 0) is 38.1 Å². The first-order valence-electron chi connectivity index (χ1n) is 9.33. The van der Waals surface area contributed by atoms with Gasteiger partial charge >= 0.3 is 0 Å². The van der Waals surface area contributed by atoms with Crippen LogP contribution in [0, 0.1) is 13.8 Å². The number of amides is 1. The SMILES string of the molecule is Cc1nn(-c2ccccc2)c(C)c1CNC(=O)CCc1nc2ccccc2s1. The Hall–Kier alpha value is -2.99. The monoisotopic (exact) mass is 390 g/mol. The Morgan fingerprint density at radius 3 is 2.61 bits per heavy atom. The molecule has 1 amide bonds. The van der Waals surface area contributed by atoms with Gasteiger partial charge in [0, 0.05) is 30.6 Å². The minimum Gasteiger partial charge on any atom is -0.352 e. The van der Waals surface area contributed by atoms with Crippen molar-refractivity contribution in [1.82, 2.24) is 20.1 Å². The minimum atomic E-state index is 0.0329. The van der Waals surface area contributed by atoms with Crippen LogP contribution in [0.4, 0.5) is 0 Å². The third-order valence-corrected chi connectivity index (χ3v) is 5.90. The molecule has 6 heteroatoms. The van der Waals surface area contributed by atoms with Crippen LogP contribution >= 0.6 is 11.3 Å². The predicted molar refractivity (Wildman–Crippen MR) is 113 cm³/mol. The first-order valence-corrected chi connectivity index (χ1v) is 10.1. The third-order valence-electron chi connectivity index (χ3n) is 4.81. The van der Waals surface area contributed by atoms with Gasteiger partial charge < -0.3 is 5.32 Å². The summed E-state index contributed by atoms with van der Waals surface area (Å²) in [7, 11) is 0. The summed E-state index contributed by atoms with van der Waals surface area (Å²) in [5, 5.41) is 8.67. The zero-order valence-corrected chi connectivity index (χ0v) is 16.8. The smallest absolute Gasteiger partial charge is 0.220 e. The number of benzene rings is 2. The van der Waals surface area contributed by atoms with Crippen LogP contribution in [0.2, 0.25) is 0 Å². The summed E-state index contributed by atoms with van der Waals surface area (Å²) in [6, 6.07) is 18.1. The largest absolute Gasteiger partial charge is 0.352 e. The molecule has 2 aromatic heterocycles. The number of thiazole rings is 1. The Labute approximate surface area is 168 Å². The van der Waals surface area contributed by atoms with Crippen LogP contribution < -0.4 is 5.32 Å². The number of fused-ring (bicyclic) bond motifs is 1. The van der Waals surface area contributed by atoms with Gasteiger partial charge in [0.2, 0.25) is 5.91 Å². The normalized spacial score (nSPS) is 11.1. The minimum absolute atomic E-state index is 0.0329. The topological polar surface area (TPSA) is 59.8 Å². The van der Waals surface area contributed by atoms with E-state index in [-0.39, 0.29) is 5.91 Å². The van der Waals surface area contributed by atoms with Crippen molar-refractivity contribution in [3.63, 3.8) is 0 Å². The molecule has 2 aromatic carbocycles. The summed E-state index contributed by atoms with van der Waals surface area (Å²) in [6.45, 7) is 4.51. The van der Waals surface area contributed by atoms with E-state index in [2.05, 4.69) is 21.5 Å². The van der Waals surface area contributed by atoms with E-state index in [0.717, 1.165) is 37.9 Å². The zero-order valence-electron chi connectivity index (χ0n) is 16.0. The van der Waals surface area contributed by atoms with Gasteiger partial charge in [0.15, 0.2) is 0 Å². The number of carbonyl (C=O) groups excluding carboxylic acids is 1. The molecule has 5 nitrogen and oxygen atoms in total. The number of hydrogen-bond acceptors (Lipinski definition) is 4. The molecule has 0 atom stereocenters. The first-order chi connectivity index (χ1) is 13.6. The van der Waals surface area contributed by atoms with Crippen LogP contribution in [-0.2, 0) is 17.8 Å². The van der Waals surface area contributed by atoms with E-state index in [1.165, 1.54) is 0 Å². The summed E-state index contributed by atoms with van der Waals surface area (Å²) in [4.78, 5) is 16.9. The number of nitrogens with one attached hydrogen (secondary N) is 1. The zero-order chi connectivity index (χ0) is 19.5. The van der Waals surface area contributed by atoms with Gasteiger partial charge in [0.25, 0.3) is 0 Å². The van der Waals surface area contributed by atoms with Crippen LogP contribution in [0.1, 0.15) is 28.4 Å². The van der Waals surface area contributed by atoms with Crippen molar-refractivity contribution in [2.45, 2.75) is 33.2 Å². The molecule has 142 valence electrons. The number of nitrogens with zero attached hydrogens (tertiary/aromatic N) is 3. The Bertz CT molecular complexity index is 1080. The van der Waals surface area contributed by atoms with Gasteiger partial charge in [0.1, 0.15) is 0 Å². The molecule has 0 aliphatic heterocycles. The molecular weight excluding hydrogens is 368 g/mol. The fraction of sp³-hybridized carbons (Fsp3) is 0.227. The van der Waals surface area contributed by atoms with Crippen molar-refractivity contribution in [3.05, 3.63) is 76.6 Å². The van der Waals surface area contributed by atoms with Crippen molar-refractivity contribution in [1.29, 1.82) is 0 Å². The molecule has 0 aliphatic carbocycles. The Morgan fingerprint density at radius 2 is 1.82 bits per heavy atom. The lowest BCUT2D eigenvalue weighted by Crippen LogP contribution is -2.23. The molecule has 0 aliphatic rings. The molecule has 28 heavy (non-hydrogen) atoms. The first kappa shape index (κ1) is 18.4. The number of para-hydroxylation sites is 2. The van der Waals surface area contributed by atoms with Crippen molar-refractivity contribution in [2.75, 3.05) is 0 Å². The number of hydrogen-bond donors (Lipinski definition) is 1. The molecule has 4 rings (SSSR count). The second-order valence-electron chi connectivity index (χ2n) is 6.75. The molecule has 4 aromatic rings. The Balaban J connectivity index is 1.37. The number of rotatable bonds is 6. The quantitative estimate of drug-likeness (QED) is 0.532. The van der Waals surface area contributed by atoms with Gasteiger partial charge in [-0.2, -0.15) is 5.10 Å². The van der Waals surface area contributed by atoms with E-state index in [1.807, 2.05) is 67.1 Å². The molecule has 0 saturated carbocycles. The van der Waals surface area contributed by atoms with Gasteiger partial charge in [-0.3, -0.25) is 4.79 Å². The molecule has 0 saturated heterocycles. The van der Waals surface area contributed by atoms with Gasteiger partial charge in [-0.1, -0.05) is 30.3 Å². The standard InChI is InChI=1S/C22H22N4OS/c1-15-18(16(2)26(25-15)17-8-4-3-5-9-17)14-23-21(27)12-13-22-24-19-10-6-7-11-20(19)28-22/h3-11H,12-14H2,1-2H3,(H,23,27). The predicted octanol–water partition coefficient (Wildman–Crippen LogP) is 4.35. The maximum Gasteiger partial charge on any atom is 0.220 e. The molecular formula is C22H22N4OS. The van der Waals surface area contributed by atoms with E-state index < -0.39 is 0 Å². The summed E-state index contributed by atoms with van der Waals surface area (Å²) in [5.74, 6) is 0.0329. The van der Waals surface area contributed by atoms with Crippen LogP contribution in [-0.4, -0.2) is 20.7 Å². The van der Waals surface area contributed by atoms with Crippen LogP contribution in [0.3, 0.4) is 0 Å².